The van der Waals surface area contributed by atoms with Crippen molar-refractivity contribution >= 4 is 0 Å². The molecule has 0 spiro atoms. The molecule has 1 aromatic heterocycles. The van der Waals surface area contributed by atoms with Gasteiger partial charge in [0.05, 0.1) is 12.8 Å². The van der Waals surface area contributed by atoms with Crippen LogP contribution < -0.4 is 10.1 Å². The summed E-state index contributed by atoms with van der Waals surface area (Å²) >= 11 is 0. The molecule has 0 atom stereocenters. The van der Waals surface area contributed by atoms with Crippen LogP contribution in [0.1, 0.15) is 19.4 Å². The third-order valence-electron chi connectivity index (χ3n) is 1.74. The van der Waals surface area contributed by atoms with Crippen LogP contribution >= 0.6 is 0 Å². The zero-order valence-electron chi connectivity index (χ0n) is 8.21. The van der Waals surface area contributed by atoms with Gasteiger partial charge in [0, 0.05) is 18.3 Å². The molecule has 0 amide bonds. The number of pyridine rings is 1. The van der Waals surface area contributed by atoms with Gasteiger partial charge in [-0.05, 0) is 19.5 Å². The molecule has 13 heavy (non-hydrogen) atoms. The van der Waals surface area contributed by atoms with Crippen molar-refractivity contribution < 1.29 is 4.74 Å². The molecule has 0 unspecified atom stereocenters. The van der Waals surface area contributed by atoms with Crippen LogP contribution in [0.4, 0.5) is 0 Å². The minimum atomic E-state index is 0.685. The molecular formula is C10H16N2O. The number of aromatic nitrogens is 1. The highest BCUT2D eigenvalue weighted by atomic mass is 16.5. The van der Waals surface area contributed by atoms with Crippen LogP contribution in [0.2, 0.25) is 0 Å². The van der Waals surface area contributed by atoms with Gasteiger partial charge < -0.3 is 10.1 Å². The summed E-state index contributed by atoms with van der Waals surface area (Å²) in [4.78, 5) is 4.02. The van der Waals surface area contributed by atoms with Gasteiger partial charge in [0.15, 0.2) is 0 Å². The van der Waals surface area contributed by atoms with Crippen LogP contribution in [0.5, 0.6) is 5.75 Å². The van der Waals surface area contributed by atoms with E-state index in [1.807, 2.05) is 13.0 Å². The largest absolute Gasteiger partial charge is 0.492 e. The van der Waals surface area contributed by atoms with Gasteiger partial charge in [-0.1, -0.05) is 6.92 Å². The van der Waals surface area contributed by atoms with Crippen LogP contribution in [0.15, 0.2) is 18.5 Å². The summed E-state index contributed by atoms with van der Waals surface area (Å²) in [5.41, 5.74) is 1.17. The molecule has 1 rings (SSSR count). The molecule has 0 bridgehead atoms. The predicted molar refractivity (Wildman–Crippen MR) is 52.8 cm³/mol. The van der Waals surface area contributed by atoms with Crippen LogP contribution in [0.3, 0.4) is 0 Å². The average molecular weight is 180 g/mol. The molecule has 0 aliphatic heterocycles. The van der Waals surface area contributed by atoms with E-state index in [9.17, 15) is 0 Å². The van der Waals surface area contributed by atoms with E-state index in [1.165, 1.54) is 5.56 Å². The first kappa shape index (κ1) is 9.99. The summed E-state index contributed by atoms with van der Waals surface area (Å²) in [5, 5.41) is 3.26. The zero-order chi connectivity index (χ0) is 9.52. The topological polar surface area (TPSA) is 34.2 Å². The van der Waals surface area contributed by atoms with Crippen LogP contribution in [-0.4, -0.2) is 18.1 Å². The molecule has 0 aromatic carbocycles. The maximum absolute atomic E-state index is 5.43. The Hall–Kier alpha value is -1.09. The molecule has 3 heteroatoms. The van der Waals surface area contributed by atoms with Gasteiger partial charge in [0.2, 0.25) is 0 Å². The molecule has 0 radical (unpaired) electrons. The normalized spacial score (nSPS) is 10.0. The van der Waals surface area contributed by atoms with E-state index in [4.69, 9.17) is 4.74 Å². The van der Waals surface area contributed by atoms with E-state index in [0.717, 1.165) is 18.8 Å². The minimum Gasteiger partial charge on any atom is -0.492 e. The number of rotatable bonds is 5. The predicted octanol–water partition coefficient (Wildman–Crippen LogP) is 1.59. The van der Waals surface area contributed by atoms with E-state index in [1.54, 1.807) is 12.4 Å². The lowest BCUT2D eigenvalue weighted by Crippen LogP contribution is -2.12. The number of nitrogens with zero attached hydrogens (tertiary/aromatic N) is 1. The van der Waals surface area contributed by atoms with Gasteiger partial charge >= 0.3 is 0 Å². The average Bonchev–Trinajstić information content (AvgIpc) is 2.17. The molecule has 0 fully saturated rings. The monoisotopic (exact) mass is 180 g/mol. The standard InChI is InChI=1S/C10H16N2O/c1-3-11-7-9-5-6-12-8-10(9)13-4-2/h5-6,8,11H,3-4,7H2,1-2H3. The second-order valence-electron chi connectivity index (χ2n) is 2.70. The molecule has 1 aromatic rings. The Morgan fingerprint density at radius 1 is 1.46 bits per heavy atom. The van der Waals surface area contributed by atoms with Crippen molar-refractivity contribution in [2.45, 2.75) is 20.4 Å². The van der Waals surface area contributed by atoms with Crippen molar-refractivity contribution in [1.82, 2.24) is 10.3 Å². The number of hydrogen-bond acceptors (Lipinski definition) is 3. The number of ether oxygens (including phenoxy) is 1. The highest BCUT2D eigenvalue weighted by molar-refractivity contribution is 5.29. The van der Waals surface area contributed by atoms with Crippen molar-refractivity contribution in [3.63, 3.8) is 0 Å². The Labute approximate surface area is 79.1 Å². The van der Waals surface area contributed by atoms with Gasteiger partial charge in [0.1, 0.15) is 5.75 Å². The van der Waals surface area contributed by atoms with Gasteiger partial charge in [-0.2, -0.15) is 0 Å². The van der Waals surface area contributed by atoms with Crippen molar-refractivity contribution in [2.75, 3.05) is 13.2 Å². The van der Waals surface area contributed by atoms with Crippen molar-refractivity contribution in [1.29, 1.82) is 0 Å². The van der Waals surface area contributed by atoms with Crippen LogP contribution in [0.25, 0.3) is 0 Å². The van der Waals surface area contributed by atoms with Crippen molar-refractivity contribution in [2.24, 2.45) is 0 Å². The molecule has 0 aliphatic carbocycles. The Kier molecular flexibility index (Phi) is 4.26. The summed E-state index contributed by atoms with van der Waals surface area (Å²) < 4.78 is 5.43. The Morgan fingerprint density at radius 3 is 3.00 bits per heavy atom. The smallest absolute Gasteiger partial charge is 0.142 e. The van der Waals surface area contributed by atoms with E-state index in [2.05, 4.69) is 17.2 Å². The second-order valence-corrected chi connectivity index (χ2v) is 2.70. The Balaban J connectivity index is 2.66. The summed E-state index contributed by atoms with van der Waals surface area (Å²) in [6.07, 6.45) is 3.55. The third-order valence-corrected chi connectivity index (χ3v) is 1.74. The summed E-state index contributed by atoms with van der Waals surface area (Å²) in [6.45, 7) is 6.55. The summed E-state index contributed by atoms with van der Waals surface area (Å²) in [7, 11) is 0. The molecular weight excluding hydrogens is 164 g/mol. The van der Waals surface area contributed by atoms with Crippen LogP contribution in [0, 0.1) is 0 Å². The second kappa shape index (κ2) is 5.54. The first-order valence-corrected chi connectivity index (χ1v) is 4.64. The number of nitrogens with one attached hydrogen (secondary N) is 1. The van der Waals surface area contributed by atoms with Gasteiger partial charge in [-0.15, -0.1) is 0 Å². The lowest BCUT2D eigenvalue weighted by molar-refractivity contribution is 0.334. The first-order chi connectivity index (χ1) is 6.38. The highest BCUT2D eigenvalue weighted by Gasteiger charge is 2.00. The van der Waals surface area contributed by atoms with E-state index in [0.29, 0.717) is 6.61 Å². The zero-order valence-corrected chi connectivity index (χ0v) is 8.21. The lowest BCUT2D eigenvalue weighted by Gasteiger charge is -2.08. The van der Waals surface area contributed by atoms with Gasteiger partial charge in [0.25, 0.3) is 0 Å². The number of hydrogen-bond donors (Lipinski definition) is 1. The molecule has 1 heterocycles. The van der Waals surface area contributed by atoms with Crippen LogP contribution in [-0.2, 0) is 6.54 Å². The van der Waals surface area contributed by atoms with E-state index in [-0.39, 0.29) is 0 Å². The van der Waals surface area contributed by atoms with Gasteiger partial charge in [-0.3, -0.25) is 4.98 Å². The van der Waals surface area contributed by atoms with Crippen molar-refractivity contribution in [3.8, 4) is 5.75 Å². The Bertz CT molecular complexity index is 250. The molecule has 72 valence electrons. The van der Waals surface area contributed by atoms with E-state index < -0.39 is 0 Å². The fourth-order valence-corrected chi connectivity index (χ4v) is 1.10. The maximum atomic E-state index is 5.43. The molecule has 3 nitrogen and oxygen atoms in total. The maximum Gasteiger partial charge on any atom is 0.142 e. The third kappa shape index (κ3) is 3.03. The Morgan fingerprint density at radius 2 is 2.31 bits per heavy atom. The lowest BCUT2D eigenvalue weighted by atomic mass is 10.2. The summed E-state index contributed by atoms with van der Waals surface area (Å²) in [5.74, 6) is 0.881. The van der Waals surface area contributed by atoms with E-state index >= 15 is 0 Å². The highest BCUT2D eigenvalue weighted by Crippen LogP contribution is 2.15. The molecule has 1 N–H and O–H groups in total. The SMILES string of the molecule is CCNCc1ccncc1OCC. The molecule has 0 saturated carbocycles. The molecule has 0 aliphatic rings. The molecule has 0 saturated heterocycles. The van der Waals surface area contributed by atoms with Crippen molar-refractivity contribution in [3.05, 3.63) is 24.0 Å². The fraction of sp³-hybridized carbons (Fsp3) is 0.500. The summed E-state index contributed by atoms with van der Waals surface area (Å²) in [6, 6.07) is 1.98. The minimum absolute atomic E-state index is 0.685. The quantitative estimate of drug-likeness (QED) is 0.747. The van der Waals surface area contributed by atoms with Gasteiger partial charge in [-0.25, -0.2) is 0 Å². The fourth-order valence-electron chi connectivity index (χ4n) is 1.10. The first-order valence-electron chi connectivity index (χ1n) is 4.64.